The van der Waals surface area contributed by atoms with Gasteiger partial charge in [0.05, 0.1) is 43.6 Å². The Kier molecular flexibility index (Phi) is 10.6. The first kappa shape index (κ1) is 34.8. The van der Waals surface area contributed by atoms with Gasteiger partial charge in [0.15, 0.2) is 0 Å². The molecule has 0 radical (unpaired) electrons. The maximum absolute atomic E-state index is 13.2. The van der Waals surface area contributed by atoms with Crippen LogP contribution in [0.25, 0.3) is 22.3 Å². The maximum Gasteiger partial charge on any atom is 0.332 e. The minimum atomic E-state index is -3.95. The first-order chi connectivity index (χ1) is 24.1. The van der Waals surface area contributed by atoms with Crippen LogP contribution in [0.5, 0.6) is 11.8 Å². The molecule has 13 heteroatoms. The largest absolute Gasteiger partial charge is 0.481 e. The van der Waals surface area contributed by atoms with Crippen LogP contribution in [0.4, 0.5) is 16.2 Å². The van der Waals surface area contributed by atoms with E-state index in [4.69, 9.17) is 14.2 Å². The zero-order chi connectivity index (χ0) is 35.3. The Morgan fingerprint density at radius 3 is 2.44 bits per heavy atom. The molecule has 2 aromatic carbocycles. The number of carbonyl (C=O) groups excluding carboxylic acids is 2. The zero-order valence-electron chi connectivity index (χ0n) is 28.2. The number of isocyanates is 1. The Bertz CT molecular complexity index is 2060. The van der Waals surface area contributed by atoms with E-state index in [0.717, 1.165) is 52.6 Å². The summed E-state index contributed by atoms with van der Waals surface area (Å²) in [6, 6.07) is 14.4. The van der Waals surface area contributed by atoms with Crippen LogP contribution in [0, 0.1) is 5.92 Å². The highest BCUT2D eigenvalue weighted by Gasteiger charge is 2.28. The number of benzene rings is 2. The van der Waals surface area contributed by atoms with Gasteiger partial charge in [-0.2, -0.15) is 4.99 Å². The molecular formula is C37H39N5O7S. The second kappa shape index (κ2) is 15.2. The van der Waals surface area contributed by atoms with Crippen LogP contribution in [0.3, 0.4) is 0 Å². The fraction of sp³-hybridized carbons (Fsp3) is 0.351. The number of urea groups is 1. The second-order valence-corrected chi connectivity index (χ2v) is 14.5. The number of anilines is 1. The second-order valence-electron chi connectivity index (χ2n) is 12.6. The SMILES string of the molecule is COc1cc(-c2ccc3c(c2NC(=O)NS(=O)(=O)CCOC(C)C)CC(COc2cc(-c4ccc5c(c4N=C=O)CCC5)ccn2)C3)ccn1. The van der Waals surface area contributed by atoms with Crippen molar-refractivity contribution in [2.75, 3.05) is 31.4 Å². The van der Waals surface area contributed by atoms with Gasteiger partial charge in [-0.3, -0.25) is 0 Å². The number of methoxy groups -OCH3 is 1. The summed E-state index contributed by atoms with van der Waals surface area (Å²) >= 11 is 0. The average molecular weight is 698 g/mol. The van der Waals surface area contributed by atoms with Crippen molar-refractivity contribution in [2.45, 2.75) is 52.1 Å². The number of hydrogen-bond donors (Lipinski definition) is 2. The molecule has 2 N–H and O–H groups in total. The first-order valence-electron chi connectivity index (χ1n) is 16.5. The number of fused-ring (bicyclic) bond motifs is 2. The molecule has 0 saturated carbocycles. The Morgan fingerprint density at radius 2 is 1.68 bits per heavy atom. The van der Waals surface area contributed by atoms with E-state index < -0.39 is 16.1 Å². The van der Waals surface area contributed by atoms with E-state index in [0.29, 0.717) is 48.1 Å². The molecule has 2 aliphatic rings. The van der Waals surface area contributed by atoms with Gasteiger partial charge in [0.2, 0.25) is 27.9 Å². The summed E-state index contributed by atoms with van der Waals surface area (Å²) in [6.07, 6.45) is 8.99. The molecule has 12 nitrogen and oxygen atoms in total. The van der Waals surface area contributed by atoms with Crippen molar-refractivity contribution in [1.82, 2.24) is 14.7 Å². The molecular weight excluding hydrogens is 659 g/mol. The van der Waals surface area contributed by atoms with E-state index in [-0.39, 0.29) is 24.4 Å². The standard InChI is InChI=1S/C37H39N5O7S/c1-23(2)48-15-16-50(45,46)42-37(44)41-36-31(27-11-13-38-33(19-27)47-3)10-8-26-17-24(18-32(26)36)21-49-34-20-28(12-14-39-34)30-9-7-25-5-4-6-29(25)35(30)40-22-43/h7-14,19-20,23-24H,4-6,15-18,21H2,1-3H3,(H2,41,42,44). The molecule has 2 aliphatic carbocycles. The van der Waals surface area contributed by atoms with Crippen molar-refractivity contribution in [1.29, 1.82) is 0 Å². The summed E-state index contributed by atoms with van der Waals surface area (Å²) < 4.78 is 44.3. The number of rotatable bonds is 13. The number of pyridine rings is 2. The molecule has 260 valence electrons. The number of amides is 2. The van der Waals surface area contributed by atoms with Crippen molar-refractivity contribution < 1.29 is 32.2 Å². The molecule has 2 aromatic heterocycles. The van der Waals surface area contributed by atoms with E-state index in [9.17, 15) is 18.0 Å². The fourth-order valence-electron chi connectivity index (χ4n) is 6.61. The van der Waals surface area contributed by atoms with Crippen LogP contribution in [0.15, 0.2) is 65.9 Å². The van der Waals surface area contributed by atoms with Gasteiger partial charge in [0.25, 0.3) is 0 Å². The molecule has 1 unspecified atom stereocenters. The van der Waals surface area contributed by atoms with Gasteiger partial charge in [0.1, 0.15) is 0 Å². The van der Waals surface area contributed by atoms with Crippen molar-refractivity contribution in [2.24, 2.45) is 10.9 Å². The number of aryl methyl sites for hydroxylation is 1. The highest BCUT2D eigenvalue weighted by Crippen LogP contribution is 2.41. The van der Waals surface area contributed by atoms with E-state index in [1.54, 1.807) is 44.5 Å². The molecule has 0 fully saturated rings. The Labute approximate surface area is 291 Å². The number of sulfonamides is 1. The van der Waals surface area contributed by atoms with Gasteiger partial charge in [-0.05, 0) is 91.5 Å². The number of carbonyl (C=O) groups is 1. The normalized spacial score (nSPS) is 14.8. The molecule has 2 heterocycles. The number of hydrogen-bond acceptors (Lipinski definition) is 10. The summed E-state index contributed by atoms with van der Waals surface area (Å²) in [6.45, 7) is 3.93. The van der Waals surface area contributed by atoms with Crippen LogP contribution >= 0.6 is 0 Å². The summed E-state index contributed by atoms with van der Waals surface area (Å²) in [4.78, 5) is 37.2. The third-order valence-electron chi connectivity index (χ3n) is 8.88. The van der Waals surface area contributed by atoms with Crippen LogP contribution in [-0.2, 0) is 45.2 Å². The topological polar surface area (TPSA) is 158 Å². The Hall–Kier alpha value is -5.10. The van der Waals surface area contributed by atoms with Crippen molar-refractivity contribution >= 4 is 33.5 Å². The molecule has 0 bridgehead atoms. The molecule has 4 aromatic rings. The summed E-state index contributed by atoms with van der Waals surface area (Å²) in [5.74, 6) is 0.534. The lowest BCUT2D eigenvalue weighted by molar-refractivity contribution is 0.0912. The molecule has 50 heavy (non-hydrogen) atoms. The zero-order valence-corrected chi connectivity index (χ0v) is 29.0. The van der Waals surface area contributed by atoms with E-state index >= 15 is 0 Å². The molecule has 2 amide bonds. The van der Waals surface area contributed by atoms with Gasteiger partial charge in [-0.25, -0.2) is 32.7 Å². The van der Waals surface area contributed by atoms with Gasteiger partial charge < -0.3 is 19.5 Å². The molecule has 0 aliphatic heterocycles. The highest BCUT2D eigenvalue weighted by molar-refractivity contribution is 7.90. The number of nitrogens with one attached hydrogen (secondary N) is 2. The third kappa shape index (κ3) is 8.02. The molecule has 0 spiro atoms. The summed E-state index contributed by atoms with van der Waals surface area (Å²) in [5.41, 5.74) is 8.48. The third-order valence-corrected chi connectivity index (χ3v) is 10.1. The van der Waals surface area contributed by atoms with Crippen molar-refractivity contribution in [3.8, 4) is 34.0 Å². The molecule has 6 rings (SSSR count). The number of aromatic nitrogens is 2. The van der Waals surface area contributed by atoms with Crippen molar-refractivity contribution in [3.05, 3.63) is 83.2 Å². The predicted molar refractivity (Wildman–Crippen MR) is 189 cm³/mol. The molecule has 1 atom stereocenters. The smallest absolute Gasteiger partial charge is 0.332 e. The fourth-order valence-corrected chi connectivity index (χ4v) is 7.37. The highest BCUT2D eigenvalue weighted by atomic mass is 32.2. The van der Waals surface area contributed by atoms with Gasteiger partial charge in [-0.15, -0.1) is 0 Å². The van der Waals surface area contributed by atoms with Crippen LogP contribution in [0.1, 0.15) is 42.5 Å². The lowest BCUT2D eigenvalue weighted by Gasteiger charge is -2.17. The van der Waals surface area contributed by atoms with Crippen LogP contribution < -0.4 is 19.5 Å². The maximum atomic E-state index is 13.2. The van der Waals surface area contributed by atoms with Crippen molar-refractivity contribution in [3.63, 3.8) is 0 Å². The Morgan fingerprint density at radius 1 is 0.960 bits per heavy atom. The predicted octanol–water partition coefficient (Wildman–Crippen LogP) is 5.95. The summed E-state index contributed by atoms with van der Waals surface area (Å²) in [7, 11) is -2.43. The van der Waals surface area contributed by atoms with Crippen LogP contribution in [0.2, 0.25) is 0 Å². The lowest BCUT2D eigenvalue weighted by atomic mass is 9.98. The van der Waals surface area contributed by atoms with E-state index in [1.807, 2.05) is 30.3 Å². The average Bonchev–Trinajstić information content (AvgIpc) is 3.75. The lowest BCUT2D eigenvalue weighted by Crippen LogP contribution is -2.37. The minimum absolute atomic E-state index is 0.0380. The van der Waals surface area contributed by atoms with E-state index in [1.165, 1.54) is 12.7 Å². The van der Waals surface area contributed by atoms with Gasteiger partial charge in [-0.1, -0.05) is 24.3 Å². The van der Waals surface area contributed by atoms with Crippen LogP contribution in [-0.4, -0.2) is 62.7 Å². The number of ether oxygens (including phenoxy) is 3. The summed E-state index contributed by atoms with van der Waals surface area (Å²) in [5, 5.41) is 2.83. The monoisotopic (exact) mass is 697 g/mol. The Balaban J connectivity index is 1.21. The van der Waals surface area contributed by atoms with E-state index in [2.05, 4.69) is 31.1 Å². The number of aliphatic imine (C=N–C) groups is 1. The minimum Gasteiger partial charge on any atom is -0.481 e. The first-order valence-corrected chi connectivity index (χ1v) is 18.2. The molecule has 0 saturated heterocycles. The number of nitrogens with zero attached hydrogens (tertiary/aromatic N) is 3. The van der Waals surface area contributed by atoms with Gasteiger partial charge >= 0.3 is 6.03 Å². The van der Waals surface area contributed by atoms with Gasteiger partial charge in [0, 0.05) is 41.6 Å². The quantitative estimate of drug-likeness (QED) is 0.127.